The molecule has 0 aromatic carbocycles. The summed E-state index contributed by atoms with van der Waals surface area (Å²) in [5, 5.41) is 70.4. The van der Waals surface area contributed by atoms with Gasteiger partial charge in [0.15, 0.2) is 11.6 Å². The average molecular weight is 1940 g/mol. The van der Waals surface area contributed by atoms with Crippen LogP contribution in [-0.2, 0) is 95.3 Å². The lowest BCUT2D eigenvalue weighted by molar-refractivity contribution is -0.265. The highest BCUT2D eigenvalue weighted by Crippen LogP contribution is 2.44. The minimum Gasteiger partial charge on any atom is -0.460 e. The van der Waals surface area contributed by atoms with E-state index in [2.05, 4.69) is 31.1 Å². The Morgan fingerprint density at radius 3 is 1.20 bits per heavy atom. The van der Waals surface area contributed by atoms with Crippen molar-refractivity contribution in [3.63, 3.8) is 0 Å². The largest absolute Gasteiger partial charge is 0.460 e. The molecule has 10 rings (SSSR count). The van der Waals surface area contributed by atoms with Gasteiger partial charge in [0.05, 0.1) is 56.9 Å². The molecule has 0 spiro atoms. The lowest BCUT2D eigenvalue weighted by Gasteiger charge is -2.42. The Morgan fingerprint density at radius 2 is 0.848 bits per heavy atom. The number of ether oxygens (including phenoxy) is 10. The predicted octanol–water partition coefficient (Wildman–Crippen LogP) is 12.1. The number of nitrogens with zero attached hydrogens (tertiary/aromatic N) is 10. The summed E-state index contributed by atoms with van der Waals surface area (Å²) >= 11 is 0. The van der Waals surface area contributed by atoms with E-state index in [1.807, 2.05) is 52.0 Å². The second kappa shape index (κ2) is 53.5. The molecule has 2 aromatic rings. The van der Waals surface area contributed by atoms with Crippen LogP contribution in [0.25, 0.3) is 0 Å². The number of ketones is 6. The highest BCUT2D eigenvalue weighted by molar-refractivity contribution is 6.39. The van der Waals surface area contributed by atoms with Crippen molar-refractivity contribution in [3.05, 3.63) is 108 Å². The Balaban J connectivity index is 0.000000321. The van der Waals surface area contributed by atoms with Crippen molar-refractivity contribution < 1.29 is 124 Å². The number of methoxy groups -OCH3 is 6. The van der Waals surface area contributed by atoms with Crippen LogP contribution in [0.3, 0.4) is 0 Å². The Bertz CT molecular complexity index is 4560. The topological polar surface area (TPSA) is 438 Å². The monoisotopic (exact) mass is 1940 g/mol. The van der Waals surface area contributed by atoms with E-state index in [1.54, 1.807) is 154 Å². The number of cyclic esters (lactones) is 2. The van der Waals surface area contributed by atoms with Gasteiger partial charge in [0.2, 0.25) is 11.6 Å². The third-order valence-electron chi connectivity index (χ3n) is 30.1. The van der Waals surface area contributed by atoms with E-state index < -0.39 is 170 Å². The molecule has 138 heavy (non-hydrogen) atoms. The Hall–Kier alpha value is -8.52. The standard InChI is InChI=1S/2C52H79N5O12/c2*1-31-16-12-11-13-17-32(2)43(65-8)28-39-21-19-37(7)52(64,69-39)49(61)50(62)56-23-15-14-18-41(56)51(63)68-44(34(4)26-38-20-22-40(45(27-38)66-9)57-30-53-54-55-57)29-42(58)33(3)25-36(6)47(60)48(67-10)46(59)35(5)24-31/h2*11-13,16-17,25,30-31,33-35,37-41,43-45,47-48,60,64H,14-15,18-24,26-29H2,1-10H3/b2*13-11?,16-12+,32-17?,36-25+/t2*31-,33-,34-,35-,37-,38+,39+,40+,41+,43+,44+,45-,47-,48+,52-/m11/s1/i2*8D3. The molecule has 0 unspecified atom stereocenters. The number of fused-ring (bicyclic) bond motifs is 6. The van der Waals surface area contributed by atoms with Gasteiger partial charge in [0.1, 0.15) is 72.9 Å². The number of rotatable bonds is 14. The maximum Gasteiger partial charge on any atom is 0.329 e. The molecule has 6 aliphatic heterocycles. The molecule has 4 N–H and O–H groups in total. The van der Waals surface area contributed by atoms with Gasteiger partial charge in [-0.25, -0.2) is 19.0 Å². The van der Waals surface area contributed by atoms with Crippen molar-refractivity contribution in [2.75, 3.05) is 55.6 Å². The second-order valence-electron chi connectivity index (χ2n) is 40.5. The van der Waals surface area contributed by atoms with E-state index >= 15 is 0 Å². The Morgan fingerprint density at radius 1 is 0.464 bits per heavy atom. The van der Waals surface area contributed by atoms with E-state index in [9.17, 15) is 68.4 Å². The summed E-state index contributed by atoms with van der Waals surface area (Å²) in [6.45, 7) is 24.5. The molecule has 0 radical (unpaired) electrons. The molecule has 34 nitrogen and oxygen atoms in total. The van der Waals surface area contributed by atoms with Crippen LogP contribution < -0.4 is 0 Å². The summed E-state index contributed by atoms with van der Waals surface area (Å²) in [5.41, 5.74) is 1.77. The number of tetrazole rings is 2. The summed E-state index contributed by atoms with van der Waals surface area (Å²) in [6.07, 6.45) is 22.1. The zero-order chi connectivity index (χ0) is 106. The van der Waals surface area contributed by atoms with Crippen molar-refractivity contribution in [3.8, 4) is 0 Å². The first kappa shape index (κ1) is 104. The van der Waals surface area contributed by atoms with Crippen molar-refractivity contribution in [2.24, 2.45) is 71.0 Å². The molecule has 2 aromatic heterocycles. The van der Waals surface area contributed by atoms with Crippen LogP contribution in [0.4, 0.5) is 0 Å². The van der Waals surface area contributed by atoms with E-state index in [-0.39, 0.29) is 147 Å². The lowest BCUT2D eigenvalue weighted by Crippen LogP contribution is -2.61. The molecular formula is C104H158N10O24. The van der Waals surface area contributed by atoms with E-state index in [0.29, 0.717) is 99.3 Å². The molecule has 2 amide bonds. The van der Waals surface area contributed by atoms with E-state index in [1.165, 1.54) is 14.2 Å². The number of allylic oxidation sites excluding steroid dienone is 12. The van der Waals surface area contributed by atoms with Crippen molar-refractivity contribution in [1.29, 1.82) is 0 Å². The lowest BCUT2D eigenvalue weighted by atomic mass is 9.77. The highest BCUT2D eigenvalue weighted by atomic mass is 16.6. The number of carbonyl (C=O) groups is 10. The molecule has 4 saturated heterocycles. The number of hydrogen-bond donors (Lipinski definition) is 4. The number of amides is 2. The maximum absolute atomic E-state index is 14.5. The number of carbonyl (C=O) groups excluding carboxylic acids is 10. The van der Waals surface area contributed by atoms with Crippen LogP contribution in [0.2, 0.25) is 0 Å². The number of hydrogen-bond acceptors (Lipinski definition) is 30. The van der Waals surface area contributed by atoms with Gasteiger partial charge in [-0.05, 0) is 235 Å². The Kier molecular flexibility index (Phi) is 40.3. The number of aromatic nitrogens is 8. The molecule has 768 valence electrons. The van der Waals surface area contributed by atoms with E-state index in [4.69, 9.17) is 55.6 Å². The van der Waals surface area contributed by atoms with Crippen molar-refractivity contribution in [1.82, 2.24) is 50.2 Å². The van der Waals surface area contributed by atoms with Crippen LogP contribution in [0.1, 0.15) is 271 Å². The van der Waals surface area contributed by atoms with Gasteiger partial charge in [-0.2, -0.15) is 0 Å². The first-order valence-corrected chi connectivity index (χ1v) is 49.7. The fourth-order valence-corrected chi connectivity index (χ4v) is 21.2. The van der Waals surface area contributed by atoms with Crippen molar-refractivity contribution >= 4 is 58.5 Å². The minimum absolute atomic E-state index is 0.0214. The summed E-state index contributed by atoms with van der Waals surface area (Å²) in [6, 6.07) is -2.57. The number of Topliss-reactive ketones (excluding diaryl/α,β-unsaturated/α-hetero) is 6. The maximum atomic E-state index is 14.5. The zero-order valence-electron chi connectivity index (χ0n) is 90.1. The van der Waals surface area contributed by atoms with Gasteiger partial charge < -0.3 is 77.6 Å². The summed E-state index contributed by atoms with van der Waals surface area (Å²) < 4.78 is 110. The fraction of sp³-hybridized carbons (Fsp3) is 0.731. The molecule has 2 saturated carbocycles. The van der Waals surface area contributed by atoms with Crippen LogP contribution in [0, 0.1) is 71.0 Å². The molecule has 4 bridgehead atoms. The minimum atomic E-state index is -2.80. The molecule has 6 fully saturated rings. The van der Waals surface area contributed by atoms with Crippen LogP contribution >= 0.6 is 0 Å². The zero-order valence-corrected chi connectivity index (χ0v) is 84.1. The summed E-state index contributed by atoms with van der Waals surface area (Å²) in [5.74, 6) is -17.6. The molecule has 8 heterocycles. The average Bonchev–Trinajstić information content (AvgIpc) is 1.26. The Labute approximate surface area is 823 Å². The first-order chi connectivity index (χ1) is 67.9. The van der Waals surface area contributed by atoms with Gasteiger partial charge in [0.25, 0.3) is 23.4 Å². The molecule has 8 aliphatic rings. The smallest absolute Gasteiger partial charge is 0.329 e. The van der Waals surface area contributed by atoms with Gasteiger partial charge >= 0.3 is 11.9 Å². The van der Waals surface area contributed by atoms with Gasteiger partial charge in [-0.1, -0.05) is 142 Å². The van der Waals surface area contributed by atoms with Crippen molar-refractivity contribution in [2.45, 2.75) is 360 Å². The fourth-order valence-electron chi connectivity index (χ4n) is 21.2. The molecule has 2 aliphatic carbocycles. The number of aliphatic hydroxyl groups is 4. The molecule has 30 atom stereocenters. The quantitative estimate of drug-likeness (QED) is 0.0775. The second-order valence-corrected chi connectivity index (χ2v) is 40.5. The summed E-state index contributed by atoms with van der Waals surface area (Å²) in [4.78, 5) is 145. The molecular weight excluding hydrogens is 1770 g/mol. The number of aliphatic hydroxyl groups excluding tert-OH is 2. The van der Waals surface area contributed by atoms with E-state index in [0.717, 1.165) is 35.5 Å². The number of esters is 2. The normalized spacial score (nSPS) is 38.4. The number of piperidine rings is 2. The van der Waals surface area contributed by atoms with Gasteiger partial charge in [-0.15, -0.1) is 10.2 Å². The van der Waals surface area contributed by atoms with Crippen LogP contribution in [0.5, 0.6) is 0 Å². The highest BCUT2D eigenvalue weighted by Gasteiger charge is 2.56. The van der Waals surface area contributed by atoms with Crippen LogP contribution in [0.15, 0.2) is 108 Å². The summed E-state index contributed by atoms with van der Waals surface area (Å²) in [7, 11) is 0.391. The van der Waals surface area contributed by atoms with Gasteiger partial charge in [0, 0.05) is 117 Å². The van der Waals surface area contributed by atoms with Gasteiger partial charge in [-0.3, -0.25) is 38.4 Å². The predicted molar refractivity (Wildman–Crippen MR) is 512 cm³/mol. The van der Waals surface area contributed by atoms with Crippen LogP contribution in [-0.4, -0.2) is 282 Å². The first-order valence-electron chi connectivity index (χ1n) is 52.7. The third-order valence-corrected chi connectivity index (χ3v) is 30.1. The molecule has 34 heteroatoms. The SMILES string of the molecule is [2H]C([2H])([2H])O[C@H]1C[C@@H]2CC[C@@H](C)[C@@](O)(O2)C(=O)C(=O)N2CCCC[C@H]2C(=O)O[C@H]([C@H](C)C[C@@H]2CC[C@H](n3cnnn3)[C@H](OC)C2)CC(=O)[C@H](C)/C=C(\C)[C@@H](O)[C@@H](OC)C(=O)[C@H](C)C[C@H](C)/C=C/C=CC=C1C.[2H]C([2H])([2H])O[C@H]1C[C@@H]2CC[C@@H](C)[C@@](O)(O2)C(=O)C(=O)N2CCCC[C@H]2C(=O)O[C@H]([C@H](C)C[C@@H]2CC[C@H](n3cnnn3)[C@H](OC)C2)CC(=O)[C@H](C)/C=C(\C)[C@@H](O)[C@@H](OC)C(=O)[C@H](C)C[C@H](C)/C=C/C=CC=C1C. The third kappa shape index (κ3) is 29.8.